The minimum absolute atomic E-state index is 0.343. The normalized spacial score (nSPS) is 25.8. The molecule has 14 heavy (non-hydrogen) atoms. The number of hydrogen-bond acceptors (Lipinski definition) is 2. The molecule has 1 N–H and O–H groups in total. The topological polar surface area (TPSA) is 51.5 Å². The van der Waals surface area contributed by atoms with Crippen molar-refractivity contribution in [3.05, 3.63) is 24.0 Å². The number of rotatable bonds is 3. The number of carbonyl (C=O) groups is 1. The van der Waals surface area contributed by atoms with Gasteiger partial charge in [-0.15, -0.1) is 0 Å². The molecule has 0 saturated heterocycles. The van der Waals surface area contributed by atoms with Crippen LogP contribution in [0.2, 0.25) is 0 Å². The molecule has 1 aliphatic rings. The van der Waals surface area contributed by atoms with Crippen molar-refractivity contribution in [1.82, 2.24) is 4.57 Å². The van der Waals surface area contributed by atoms with Crippen molar-refractivity contribution in [2.75, 3.05) is 7.11 Å². The standard InChI is InChI=1S/C10H13NO3/c1-14-9-4-8(5-9)11-3-2-7(6-11)10(12)13/h2-3,6,8-9H,4-5H2,1H3,(H,12,13)/t8-,9-. The molecule has 1 aromatic rings. The van der Waals surface area contributed by atoms with Crippen LogP contribution in [0.4, 0.5) is 0 Å². The van der Waals surface area contributed by atoms with Gasteiger partial charge in [0, 0.05) is 25.5 Å². The molecular weight excluding hydrogens is 182 g/mol. The highest BCUT2D eigenvalue weighted by Gasteiger charge is 2.30. The smallest absolute Gasteiger partial charge is 0.337 e. The van der Waals surface area contributed by atoms with Gasteiger partial charge in [0.25, 0.3) is 0 Å². The van der Waals surface area contributed by atoms with Crippen LogP contribution in [0.1, 0.15) is 29.2 Å². The number of carboxylic acids is 1. The zero-order valence-electron chi connectivity index (χ0n) is 8.01. The lowest BCUT2D eigenvalue weighted by atomic mass is 9.89. The lowest BCUT2D eigenvalue weighted by Crippen LogP contribution is -2.31. The summed E-state index contributed by atoms with van der Waals surface area (Å²) >= 11 is 0. The van der Waals surface area contributed by atoms with Gasteiger partial charge in [0.05, 0.1) is 11.7 Å². The Kier molecular flexibility index (Phi) is 2.29. The highest BCUT2D eigenvalue weighted by Crippen LogP contribution is 2.34. The Bertz CT molecular complexity index is 339. The Morgan fingerprint density at radius 2 is 2.36 bits per heavy atom. The first-order valence-electron chi connectivity index (χ1n) is 4.64. The predicted molar refractivity (Wildman–Crippen MR) is 50.5 cm³/mol. The summed E-state index contributed by atoms with van der Waals surface area (Å²) in [6.07, 6.45) is 5.79. The second kappa shape index (κ2) is 3.46. The summed E-state index contributed by atoms with van der Waals surface area (Å²) < 4.78 is 7.12. The molecular formula is C10H13NO3. The van der Waals surface area contributed by atoms with Crippen molar-refractivity contribution in [2.45, 2.75) is 25.0 Å². The number of hydrogen-bond donors (Lipinski definition) is 1. The molecule has 1 aromatic heterocycles. The molecule has 0 radical (unpaired) electrons. The van der Waals surface area contributed by atoms with Crippen molar-refractivity contribution in [3.63, 3.8) is 0 Å². The highest BCUT2D eigenvalue weighted by atomic mass is 16.5. The van der Waals surface area contributed by atoms with Gasteiger partial charge in [-0.25, -0.2) is 4.79 Å². The van der Waals surface area contributed by atoms with Gasteiger partial charge in [0.2, 0.25) is 0 Å². The van der Waals surface area contributed by atoms with Gasteiger partial charge in [-0.05, 0) is 18.9 Å². The molecule has 0 bridgehead atoms. The van der Waals surface area contributed by atoms with Gasteiger partial charge >= 0.3 is 5.97 Å². The quantitative estimate of drug-likeness (QED) is 0.795. The maximum absolute atomic E-state index is 10.6. The van der Waals surface area contributed by atoms with Gasteiger partial charge in [0.1, 0.15) is 0 Å². The molecule has 2 rings (SSSR count). The average Bonchev–Trinajstić information content (AvgIpc) is 2.51. The Hall–Kier alpha value is -1.29. The van der Waals surface area contributed by atoms with Gasteiger partial charge in [-0.3, -0.25) is 0 Å². The van der Waals surface area contributed by atoms with E-state index in [1.165, 1.54) is 0 Å². The van der Waals surface area contributed by atoms with E-state index in [9.17, 15) is 4.79 Å². The van der Waals surface area contributed by atoms with Crippen molar-refractivity contribution in [1.29, 1.82) is 0 Å². The highest BCUT2D eigenvalue weighted by molar-refractivity contribution is 5.87. The zero-order chi connectivity index (χ0) is 10.1. The fraction of sp³-hybridized carbons (Fsp3) is 0.500. The van der Waals surface area contributed by atoms with Gasteiger partial charge in [-0.2, -0.15) is 0 Å². The third-order valence-corrected chi connectivity index (χ3v) is 2.79. The number of methoxy groups -OCH3 is 1. The number of aromatic carboxylic acids is 1. The maximum Gasteiger partial charge on any atom is 0.337 e. The van der Waals surface area contributed by atoms with Gasteiger partial charge in [0.15, 0.2) is 0 Å². The molecule has 1 aliphatic carbocycles. The lowest BCUT2D eigenvalue weighted by Gasteiger charge is -2.35. The van der Waals surface area contributed by atoms with Crippen LogP contribution in [-0.2, 0) is 4.74 Å². The van der Waals surface area contributed by atoms with E-state index in [4.69, 9.17) is 9.84 Å². The van der Waals surface area contributed by atoms with E-state index in [0.29, 0.717) is 17.7 Å². The van der Waals surface area contributed by atoms with E-state index in [1.54, 1.807) is 19.4 Å². The van der Waals surface area contributed by atoms with Crippen LogP contribution in [0, 0.1) is 0 Å². The van der Waals surface area contributed by atoms with Crippen LogP contribution in [-0.4, -0.2) is 28.9 Å². The Morgan fingerprint density at radius 3 is 2.86 bits per heavy atom. The van der Waals surface area contributed by atoms with E-state index < -0.39 is 5.97 Å². The minimum atomic E-state index is -0.869. The number of aromatic nitrogens is 1. The van der Waals surface area contributed by atoms with E-state index in [0.717, 1.165) is 12.8 Å². The Morgan fingerprint density at radius 1 is 1.64 bits per heavy atom. The first-order chi connectivity index (χ1) is 6.70. The molecule has 0 amide bonds. The summed E-state index contributed by atoms with van der Waals surface area (Å²) in [5, 5.41) is 8.73. The second-order valence-electron chi connectivity index (χ2n) is 3.64. The predicted octanol–water partition coefficient (Wildman–Crippen LogP) is 1.54. The first-order valence-corrected chi connectivity index (χ1v) is 4.64. The molecule has 1 fully saturated rings. The molecule has 0 aromatic carbocycles. The molecule has 4 nitrogen and oxygen atoms in total. The SMILES string of the molecule is CO[C@H]1C[C@H](n2ccc(C(=O)O)c2)C1. The van der Waals surface area contributed by atoms with Crippen molar-refractivity contribution >= 4 is 5.97 Å². The Balaban J connectivity index is 2.01. The zero-order valence-corrected chi connectivity index (χ0v) is 8.01. The van der Waals surface area contributed by atoms with Gasteiger partial charge < -0.3 is 14.4 Å². The van der Waals surface area contributed by atoms with Crippen LogP contribution in [0.5, 0.6) is 0 Å². The summed E-state index contributed by atoms with van der Waals surface area (Å²) in [4.78, 5) is 10.6. The molecule has 0 unspecified atom stereocenters. The Labute approximate surface area is 82.1 Å². The van der Waals surface area contributed by atoms with Crippen LogP contribution < -0.4 is 0 Å². The van der Waals surface area contributed by atoms with Gasteiger partial charge in [-0.1, -0.05) is 0 Å². The van der Waals surface area contributed by atoms with Crippen molar-refractivity contribution in [2.24, 2.45) is 0 Å². The monoisotopic (exact) mass is 195 g/mol. The average molecular weight is 195 g/mol. The molecule has 0 aliphatic heterocycles. The molecule has 1 saturated carbocycles. The number of carboxylic acid groups (broad SMARTS) is 1. The third kappa shape index (κ3) is 1.53. The number of nitrogens with zero attached hydrogens (tertiary/aromatic N) is 1. The second-order valence-corrected chi connectivity index (χ2v) is 3.64. The van der Waals surface area contributed by atoms with Crippen LogP contribution in [0.15, 0.2) is 18.5 Å². The molecule has 4 heteroatoms. The summed E-state index contributed by atoms with van der Waals surface area (Å²) in [6.45, 7) is 0. The van der Waals surface area contributed by atoms with Crippen LogP contribution in [0.3, 0.4) is 0 Å². The molecule has 0 atom stereocenters. The minimum Gasteiger partial charge on any atom is -0.478 e. The van der Waals surface area contributed by atoms with E-state index >= 15 is 0 Å². The third-order valence-electron chi connectivity index (χ3n) is 2.79. The molecule has 0 spiro atoms. The van der Waals surface area contributed by atoms with Crippen molar-refractivity contribution < 1.29 is 14.6 Å². The lowest BCUT2D eigenvalue weighted by molar-refractivity contribution is 0.00627. The van der Waals surface area contributed by atoms with Crippen molar-refractivity contribution in [3.8, 4) is 0 Å². The largest absolute Gasteiger partial charge is 0.478 e. The fourth-order valence-corrected chi connectivity index (χ4v) is 1.74. The van der Waals surface area contributed by atoms with Crippen LogP contribution in [0.25, 0.3) is 0 Å². The van der Waals surface area contributed by atoms with Crippen LogP contribution >= 0.6 is 0 Å². The summed E-state index contributed by atoms with van der Waals surface area (Å²) in [5.41, 5.74) is 0.353. The maximum atomic E-state index is 10.6. The van der Waals surface area contributed by atoms with E-state index in [1.807, 2.05) is 10.8 Å². The molecule has 76 valence electrons. The van der Waals surface area contributed by atoms with E-state index in [-0.39, 0.29) is 0 Å². The summed E-state index contributed by atoms with van der Waals surface area (Å²) in [5.74, 6) is -0.869. The first kappa shape index (κ1) is 9.27. The summed E-state index contributed by atoms with van der Waals surface area (Å²) in [6, 6.07) is 2.04. The summed E-state index contributed by atoms with van der Waals surface area (Å²) in [7, 11) is 1.71. The number of ether oxygens (including phenoxy) is 1. The molecule has 1 heterocycles. The fourth-order valence-electron chi connectivity index (χ4n) is 1.74. The van der Waals surface area contributed by atoms with E-state index in [2.05, 4.69) is 0 Å².